The second-order valence-electron chi connectivity index (χ2n) is 6.66. The van der Waals surface area contributed by atoms with Crippen LogP contribution in [-0.2, 0) is 4.79 Å². The van der Waals surface area contributed by atoms with Crippen LogP contribution >= 0.6 is 11.3 Å². The lowest BCUT2D eigenvalue weighted by Gasteiger charge is -2.24. The Kier molecular flexibility index (Phi) is 6.37. The van der Waals surface area contributed by atoms with Crippen molar-refractivity contribution < 1.29 is 9.59 Å². The molecule has 1 heterocycles. The molecule has 0 aliphatic heterocycles. The maximum absolute atomic E-state index is 12.7. The van der Waals surface area contributed by atoms with Crippen LogP contribution in [0.2, 0.25) is 0 Å². The third-order valence-corrected chi connectivity index (χ3v) is 5.16. The van der Waals surface area contributed by atoms with Gasteiger partial charge in [0.1, 0.15) is 6.04 Å². The second-order valence-corrected chi connectivity index (χ2v) is 8.12. The second kappa shape index (κ2) is 8.30. The summed E-state index contributed by atoms with van der Waals surface area (Å²) >= 11 is 1.73. The summed E-state index contributed by atoms with van der Waals surface area (Å²) in [6, 6.07) is 10.4. The smallest absolute Gasteiger partial charge is 0.251 e. The van der Waals surface area contributed by atoms with Gasteiger partial charge in [-0.1, -0.05) is 32.0 Å². The summed E-state index contributed by atoms with van der Waals surface area (Å²) < 4.78 is 0. The molecule has 0 bridgehead atoms. The van der Waals surface area contributed by atoms with Crippen molar-refractivity contribution in [1.82, 2.24) is 10.6 Å². The van der Waals surface area contributed by atoms with E-state index in [2.05, 4.69) is 30.5 Å². The molecule has 2 amide bonds. The molecule has 4 nitrogen and oxygen atoms in total. The molecular formula is C20H26N2O2S. The average Bonchev–Trinajstić information content (AvgIpc) is 2.91. The highest BCUT2D eigenvalue weighted by atomic mass is 32.1. The zero-order valence-corrected chi connectivity index (χ0v) is 16.2. The van der Waals surface area contributed by atoms with Crippen molar-refractivity contribution in [3.8, 4) is 0 Å². The van der Waals surface area contributed by atoms with Crippen molar-refractivity contribution in [1.29, 1.82) is 0 Å². The molecule has 2 N–H and O–H groups in total. The number of benzene rings is 1. The van der Waals surface area contributed by atoms with Crippen LogP contribution in [0, 0.1) is 19.8 Å². The van der Waals surface area contributed by atoms with Crippen molar-refractivity contribution in [2.75, 3.05) is 0 Å². The molecule has 2 unspecified atom stereocenters. The van der Waals surface area contributed by atoms with Crippen LogP contribution in [0.5, 0.6) is 0 Å². The first kappa shape index (κ1) is 19.2. The van der Waals surface area contributed by atoms with Gasteiger partial charge in [-0.3, -0.25) is 9.59 Å². The summed E-state index contributed by atoms with van der Waals surface area (Å²) in [6.07, 6.45) is 0. The Morgan fingerprint density at radius 2 is 1.64 bits per heavy atom. The molecule has 134 valence electrons. The van der Waals surface area contributed by atoms with Gasteiger partial charge >= 0.3 is 0 Å². The zero-order valence-electron chi connectivity index (χ0n) is 15.4. The Hall–Kier alpha value is -2.14. The molecule has 0 spiro atoms. The number of hydrogen-bond acceptors (Lipinski definition) is 3. The fourth-order valence-electron chi connectivity index (χ4n) is 2.81. The quantitative estimate of drug-likeness (QED) is 0.820. The summed E-state index contributed by atoms with van der Waals surface area (Å²) in [5.41, 5.74) is 1.69. The minimum atomic E-state index is -0.574. The molecule has 1 aromatic heterocycles. The number of amides is 2. The molecule has 2 atom stereocenters. The number of carbonyl (C=O) groups is 2. The highest BCUT2D eigenvalue weighted by Gasteiger charge is 2.26. The van der Waals surface area contributed by atoms with E-state index < -0.39 is 6.04 Å². The summed E-state index contributed by atoms with van der Waals surface area (Å²) in [6.45, 7) is 9.96. The van der Waals surface area contributed by atoms with Gasteiger partial charge in [0.05, 0.1) is 6.04 Å². The Morgan fingerprint density at radius 1 is 1.00 bits per heavy atom. The van der Waals surface area contributed by atoms with E-state index >= 15 is 0 Å². The van der Waals surface area contributed by atoms with Gasteiger partial charge in [-0.25, -0.2) is 0 Å². The van der Waals surface area contributed by atoms with Crippen molar-refractivity contribution in [3.05, 3.63) is 57.3 Å². The minimum Gasteiger partial charge on any atom is -0.348 e. The molecule has 0 saturated carbocycles. The Morgan fingerprint density at radius 3 is 2.16 bits per heavy atom. The first-order valence-electron chi connectivity index (χ1n) is 8.52. The summed E-state index contributed by atoms with van der Waals surface area (Å²) in [5, 5.41) is 5.90. The van der Waals surface area contributed by atoms with Gasteiger partial charge in [-0.2, -0.15) is 0 Å². The first-order chi connectivity index (χ1) is 11.8. The fourth-order valence-corrected chi connectivity index (χ4v) is 3.83. The highest BCUT2D eigenvalue weighted by molar-refractivity contribution is 7.12. The molecule has 0 radical (unpaired) electrons. The van der Waals surface area contributed by atoms with E-state index in [-0.39, 0.29) is 23.8 Å². The van der Waals surface area contributed by atoms with E-state index in [9.17, 15) is 9.59 Å². The van der Waals surface area contributed by atoms with E-state index in [0.29, 0.717) is 5.56 Å². The molecule has 2 aromatic rings. The Labute approximate surface area is 153 Å². The molecule has 5 heteroatoms. The number of aryl methyl sites for hydroxylation is 2. The summed E-state index contributed by atoms with van der Waals surface area (Å²) in [5.74, 6) is -0.398. The molecule has 2 rings (SSSR count). The van der Waals surface area contributed by atoms with Crippen LogP contribution in [0.15, 0.2) is 36.4 Å². The zero-order chi connectivity index (χ0) is 18.6. The van der Waals surface area contributed by atoms with Crippen LogP contribution in [-0.4, -0.2) is 17.9 Å². The minimum absolute atomic E-state index is 0.00910. The maximum Gasteiger partial charge on any atom is 0.251 e. The maximum atomic E-state index is 12.7. The molecule has 1 aromatic carbocycles. The van der Waals surface area contributed by atoms with Gasteiger partial charge in [-0.05, 0) is 50.5 Å². The Balaban J connectivity index is 2.07. The monoisotopic (exact) mass is 358 g/mol. The van der Waals surface area contributed by atoms with Crippen LogP contribution < -0.4 is 10.6 Å². The highest BCUT2D eigenvalue weighted by Crippen LogP contribution is 2.26. The van der Waals surface area contributed by atoms with Gasteiger partial charge in [0.2, 0.25) is 5.91 Å². The first-order valence-corrected chi connectivity index (χ1v) is 9.34. The van der Waals surface area contributed by atoms with E-state index in [1.807, 2.05) is 39.0 Å². The van der Waals surface area contributed by atoms with E-state index in [1.54, 1.807) is 23.5 Å². The third kappa shape index (κ3) is 4.92. The predicted octanol–water partition coefficient (Wildman–Crippen LogP) is 4.00. The predicted molar refractivity (Wildman–Crippen MR) is 103 cm³/mol. The fraction of sp³-hybridized carbons (Fsp3) is 0.400. The van der Waals surface area contributed by atoms with Gasteiger partial charge in [0.25, 0.3) is 5.91 Å². The summed E-state index contributed by atoms with van der Waals surface area (Å²) in [4.78, 5) is 27.6. The van der Waals surface area contributed by atoms with Crippen LogP contribution in [0.1, 0.15) is 52.5 Å². The lowest BCUT2D eigenvalue weighted by Crippen LogP contribution is -2.50. The third-order valence-electron chi connectivity index (χ3n) is 4.18. The largest absolute Gasteiger partial charge is 0.348 e. The molecule has 25 heavy (non-hydrogen) atoms. The molecular weight excluding hydrogens is 332 g/mol. The summed E-state index contributed by atoms with van der Waals surface area (Å²) in [7, 11) is 0. The van der Waals surface area contributed by atoms with Gasteiger partial charge in [-0.15, -0.1) is 11.3 Å². The Bertz CT molecular complexity index is 737. The molecule has 0 aliphatic carbocycles. The van der Waals surface area contributed by atoms with Crippen molar-refractivity contribution in [2.24, 2.45) is 5.92 Å². The normalized spacial score (nSPS) is 13.4. The van der Waals surface area contributed by atoms with Crippen LogP contribution in [0.4, 0.5) is 0 Å². The van der Waals surface area contributed by atoms with E-state index in [4.69, 9.17) is 0 Å². The standard InChI is InChI=1S/C20H26N2O2S/c1-12(2)18(22-19(23)16-9-7-6-8-10-16)20(24)21-14(4)17-11-13(3)25-15(17)5/h6-12,14,18H,1-5H3,(H,21,24)(H,22,23). The van der Waals surface area contributed by atoms with E-state index in [0.717, 1.165) is 5.56 Å². The van der Waals surface area contributed by atoms with Gasteiger partial charge in [0, 0.05) is 15.3 Å². The average molecular weight is 359 g/mol. The van der Waals surface area contributed by atoms with Crippen LogP contribution in [0.3, 0.4) is 0 Å². The lowest BCUT2D eigenvalue weighted by atomic mass is 10.0. The lowest BCUT2D eigenvalue weighted by molar-refractivity contribution is -0.124. The number of rotatable bonds is 6. The number of nitrogens with one attached hydrogen (secondary N) is 2. The number of hydrogen-bond donors (Lipinski definition) is 2. The molecule has 0 fully saturated rings. The molecule has 0 aliphatic rings. The van der Waals surface area contributed by atoms with E-state index in [1.165, 1.54) is 9.75 Å². The molecule has 0 saturated heterocycles. The van der Waals surface area contributed by atoms with Crippen molar-refractivity contribution in [3.63, 3.8) is 0 Å². The van der Waals surface area contributed by atoms with Crippen molar-refractivity contribution in [2.45, 2.75) is 46.7 Å². The topological polar surface area (TPSA) is 58.2 Å². The van der Waals surface area contributed by atoms with Gasteiger partial charge in [0.15, 0.2) is 0 Å². The van der Waals surface area contributed by atoms with Gasteiger partial charge < -0.3 is 10.6 Å². The SMILES string of the molecule is Cc1cc(C(C)NC(=O)C(NC(=O)c2ccccc2)C(C)C)c(C)s1. The number of carbonyl (C=O) groups excluding carboxylic acids is 2. The number of thiophene rings is 1. The van der Waals surface area contributed by atoms with Crippen molar-refractivity contribution >= 4 is 23.2 Å². The van der Waals surface area contributed by atoms with Crippen LogP contribution in [0.25, 0.3) is 0 Å².